The highest BCUT2D eigenvalue weighted by Gasteiger charge is 2.37. The third-order valence-electron chi connectivity index (χ3n) is 7.91. The summed E-state index contributed by atoms with van der Waals surface area (Å²) in [6.07, 6.45) is 6.19. The minimum atomic E-state index is -2.72. The van der Waals surface area contributed by atoms with Gasteiger partial charge in [-0.3, -0.25) is 9.36 Å². The maximum atomic E-state index is 14.0. The summed E-state index contributed by atoms with van der Waals surface area (Å²) in [5, 5.41) is 20.2. The summed E-state index contributed by atoms with van der Waals surface area (Å²) < 4.78 is 18.0. The summed E-state index contributed by atoms with van der Waals surface area (Å²) >= 11 is 1.18. The molecule has 1 aromatic carbocycles. The lowest BCUT2D eigenvalue weighted by Gasteiger charge is -2.38. The van der Waals surface area contributed by atoms with Crippen molar-refractivity contribution >= 4 is 36.3 Å². The van der Waals surface area contributed by atoms with Gasteiger partial charge in [0.05, 0.1) is 18.4 Å². The lowest BCUT2D eigenvalue weighted by atomic mass is 9.81. The van der Waals surface area contributed by atoms with Crippen LogP contribution >= 0.6 is 18.7 Å². The van der Waals surface area contributed by atoms with Crippen molar-refractivity contribution in [2.45, 2.75) is 83.5 Å². The van der Waals surface area contributed by atoms with Gasteiger partial charge >= 0.3 is 5.97 Å². The Bertz CT molecular complexity index is 1160. The normalized spacial score (nSPS) is 25.5. The van der Waals surface area contributed by atoms with Crippen molar-refractivity contribution in [1.29, 1.82) is 0 Å². The molecule has 2 aromatic rings. The average Bonchev–Trinajstić information content (AvgIpc) is 3.31. The van der Waals surface area contributed by atoms with Crippen LogP contribution in [-0.4, -0.2) is 47.5 Å². The number of aliphatic hydroxyl groups is 1. The van der Waals surface area contributed by atoms with Gasteiger partial charge in [-0.15, -0.1) is 11.3 Å². The summed E-state index contributed by atoms with van der Waals surface area (Å²) in [6.45, 7) is 6.08. The van der Waals surface area contributed by atoms with Crippen LogP contribution in [0.2, 0.25) is 0 Å². The number of nitrogens with zero attached hydrogens (tertiary/aromatic N) is 1. The van der Waals surface area contributed by atoms with Crippen LogP contribution in [-0.2, 0) is 20.0 Å². The minimum Gasteiger partial charge on any atom is -0.477 e. The Morgan fingerprint density at radius 3 is 2.26 bits per heavy atom. The number of hydrogen-bond acceptors (Lipinski definition) is 6. The molecule has 2 aliphatic carbocycles. The van der Waals surface area contributed by atoms with Crippen molar-refractivity contribution < 1.29 is 28.9 Å². The standard InChI is InChI=1S/C29H40NO6PS/c1-4-36-37(3,35)18-20-7-11-21(12-8-20)26-17-25(27(38-26)29(33)34)30(23-13-15-24(31)16-14-23)28(32)22-9-5-19(2)6-10-22/h7-8,11-12,17,19,22-24,31H,4-6,9-10,13-16,18H2,1-3H3,(H,33,34). The number of amides is 1. The molecule has 7 nitrogen and oxygen atoms in total. The summed E-state index contributed by atoms with van der Waals surface area (Å²) in [5.41, 5.74) is 2.22. The van der Waals surface area contributed by atoms with Crippen LogP contribution in [0.25, 0.3) is 10.4 Å². The van der Waals surface area contributed by atoms with Crippen molar-refractivity contribution in [3.8, 4) is 10.4 Å². The molecule has 9 heteroatoms. The zero-order valence-corrected chi connectivity index (χ0v) is 24.3. The molecule has 208 valence electrons. The van der Waals surface area contributed by atoms with Crippen LogP contribution in [0, 0.1) is 11.8 Å². The molecule has 4 rings (SSSR count). The number of benzene rings is 1. The van der Waals surface area contributed by atoms with Crippen molar-refractivity contribution in [2.24, 2.45) is 11.8 Å². The summed E-state index contributed by atoms with van der Waals surface area (Å²) in [7, 11) is -2.72. The fourth-order valence-electron chi connectivity index (χ4n) is 5.80. The second kappa shape index (κ2) is 12.5. The highest BCUT2D eigenvalue weighted by Crippen LogP contribution is 2.47. The highest BCUT2D eigenvalue weighted by atomic mass is 32.1. The number of carbonyl (C=O) groups excluding carboxylic acids is 1. The van der Waals surface area contributed by atoms with E-state index in [4.69, 9.17) is 4.52 Å². The van der Waals surface area contributed by atoms with Crippen molar-refractivity contribution in [1.82, 2.24) is 0 Å². The number of carbonyl (C=O) groups is 2. The number of carboxylic acid groups (broad SMARTS) is 1. The molecule has 0 saturated heterocycles. The average molecular weight is 562 g/mol. The minimum absolute atomic E-state index is 0.0233. The fourth-order valence-corrected chi connectivity index (χ4v) is 8.30. The largest absolute Gasteiger partial charge is 0.477 e. The molecule has 1 aromatic heterocycles. The quantitative estimate of drug-likeness (QED) is 0.319. The number of aliphatic hydroxyl groups excluding tert-OH is 1. The maximum Gasteiger partial charge on any atom is 0.348 e. The van der Waals surface area contributed by atoms with Gasteiger partial charge in [0.15, 0.2) is 0 Å². The van der Waals surface area contributed by atoms with E-state index in [2.05, 4.69) is 6.92 Å². The maximum absolute atomic E-state index is 14.0. The molecule has 38 heavy (non-hydrogen) atoms. The zero-order valence-electron chi connectivity index (χ0n) is 22.6. The van der Waals surface area contributed by atoms with E-state index < -0.39 is 13.3 Å². The van der Waals surface area contributed by atoms with Crippen LogP contribution in [0.15, 0.2) is 30.3 Å². The van der Waals surface area contributed by atoms with Gasteiger partial charge in [-0.05, 0) is 81.4 Å². The van der Waals surface area contributed by atoms with Gasteiger partial charge in [0.25, 0.3) is 0 Å². The molecule has 2 N–H and O–H groups in total. The highest BCUT2D eigenvalue weighted by molar-refractivity contribution is 7.57. The van der Waals surface area contributed by atoms with Gasteiger partial charge in [-0.2, -0.15) is 0 Å². The first kappa shape index (κ1) is 29.0. The molecule has 0 aliphatic heterocycles. The van der Waals surface area contributed by atoms with Crippen molar-refractivity contribution in [3.63, 3.8) is 0 Å². The van der Waals surface area contributed by atoms with Crippen LogP contribution in [0.3, 0.4) is 0 Å². The Kier molecular flexibility index (Phi) is 9.51. The van der Waals surface area contributed by atoms with E-state index in [-0.39, 0.29) is 28.8 Å². The SMILES string of the molecule is CCOP(C)(=O)Cc1ccc(-c2cc(N(C(=O)C3CCC(C)CC3)C3CCC(O)CC3)c(C(=O)O)s2)cc1. The number of carboxylic acids is 1. The molecule has 2 aliphatic rings. The third kappa shape index (κ3) is 6.95. The molecule has 1 heterocycles. The smallest absolute Gasteiger partial charge is 0.348 e. The molecular weight excluding hydrogens is 521 g/mol. The second-order valence-electron chi connectivity index (χ2n) is 11.0. The molecule has 0 bridgehead atoms. The molecule has 2 saturated carbocycles. The van der Waals surface area contributed by atoms with E-state index in [1.54, 1.807) is 11.6 Å². The molecule has 1 atom stereocenters. The van der Waals surface area contributed by atoms with Gasteiger partial charge in [0.1, 0.15) is 4.88 Å². The van der Waals surface area contributed by atoms with E-state index in [1.165, 1.54) is 11.3 Å². The van der Waals surface area contributed by atoms with Gasteiger partial charge in [0.2, 0.25) is 13.3 Å². The monoisotopic (exact) mass is 561 g/mol. The first-order valence-corrected chi connectivity index (χ1v) is 16.8. The lowest BCUT2D eigenvalue weighted by molar-refractivity contribution is -0.124. The number of anilines is 1. The molecular formula is C29H40NO6PS. The fraction of sp³-hybridized carbons (Fsp3) is 0.586. The van der Waals surface area contributed by atoms with Crippen LogP contribution in [0.5, 0.6) is 0 Å². The van der Waals surface area contributed by atoms with Crippen LogP contribution in [0.1, 0.15) is 80.4 Å². The Hall–Kier alpha value is -1.99. The van der Waals surface area contributed by atoms with Gasteiger partial charge in [-0.1, -0.05) is 31.2 Å². The zero-order chi connectivity index (χ0) is 27.4. The topological polar surface area (TPSA) is 104 Å². The molecule has 1 amide bonds. The number of hydrogen-bond donors (Lipinski definition) is 2. The predicted molar refractivity (Wildman–Crippen MR) is 152 cm³/mol. The van der Waals surface area contributed by atoms with Gasteiger partial charge in [-0.25, -0.2) is 4.79 Å². The number of aromatic carboxylic acids is 1. The number of thiophene rings is 1. The third-order valence-corrected chi connectivity index (χ3v) is 10.8. The Labute approximate surface area is 229 Å². The Balaban J connectivity index is 1.66. The summed E-state index contributed by atoms with van der Waals surface area (Å²) in [6, 6.07) is 9.35. The second-order valence-corrected chi connectivity index (χ2v) is 14.7. The number of rotatable bonds is 9. The molecule has 2 fully saturated rings. The summed E-state index contributed by atoms with van der Waals surface area (Å²) in [5.74, 6) is -0.507. The summed E-state index contributed by atoms with van der Waals surface area (Å²) in [4.78, 5) is 29.1. The van der Waals surface area contributed by atoms with Crippen LogP contribution in [0.4, 0.5) is 5.69 Å². The predicted octanol–water partition coefficient (Wildman–Crippen LogP) is 7.02. The van der Waals surface area contributed by atoms with Crippen LogP contribution < -0.4 is 4.90 Å². The van der Waals surface area contributed by atoms with E-state index in [1.807, 2.05) is 37.3 Å². The van der Waals surface area contributed by atoms with E-state index in [0.717, 1.165) is 41.7 Å². The van der Waals surface area contributed by atoms with E-state index in [0.29, 0.717) is 50.1 Å². The van der Waals surface area contributed by atoms with E-state index >= 15 is 0 Å². The van der Waals surface area contributed by atoms with Crippen molar-refractivity contribution in [2.75, 3.05) is 18.2 Å². The molecule has 1 unspecified atom stereocenters. The van der Waals surface area contributed by atoms with Gasteiger partial charge in [0, 0.05) is 29.7 Å². The molecule has 0 radical (unpaired) electrons. The molecule has 0 spiro atoms. The Morgan fingerprint density at radius 1 is 1.05 bits per heavy atom. The lowest BCUT2D eigenvalue weighted by Crippen LogP contribution is -2.47. The first-order valence-electron chi connectivity index (χ1n) is 13.8. The van der Waals surface area contributed by atoms with Crippen molar-refractivity contribution in [3.05, 3.63) is 40.8 Å². The Morgan fingerprint density at radius 2 is 1.68 bits per heavy atom. The first-order chi connectivity index (χ1) is 18.1. The van der Waals surface area contributed by atoms with E-state index in [9.17, 15) is 24.4 Å². The van der Waals surface area contributed by atoms with Gasteiger partial charge < -0.3 is 19.6 Å².